The van der Waals surface area contributed by atoms with Crippen LogP contribution in [0.5, 0.6) is 5.75 Å². The van der Waals surface area contributed by atoms with E-state index >= 15 is 0 Å². The summed E-state index contributed by atoms with van der Waals surface area (Å²) in [6.45, 7) is 0.190. The van der Waals surface area contributed by atoms with Crippen molar-refractivity contribution in [1.29, 1.82) is 0 Å². The summed E-state index contributed by atoms with van der Waals surface area (Å²) in [6, 6.07) is 6.85. The van der Waals surface area contributed by atoms with Crippen LogP contribution >= 0.6 is 23.2 Å². The summed E-state index contributed by atoms with van der Waals surface area (Å²) in [7, 11) is 0. The summed E-state index contributed by atoms with van der Waals surface area (Å²) in [4.78, 5) is 11.1. The number of nitrogens with two attached hydrogens (primary N) is 1. The smallest absolute Gasteiger partial charge is 0.251 e. The average molecular weight is 329 g/mol. The highest BCUT2D eigenvalue weighted by Crippen LogP contribution is 2.31. The van der Waals surface area contributed by atoms with Crippen LogP contribution in [0.1, 0.15) is 15.9 Å². The van der Waals surface area contributed by atoms with Crippen molar-refractivity contribution in [2.75, 3.05) is 5.32 Å². The second kappa shape index (κ2) is 6.20. The number of hydrogen-bond donors (Lipinski definition) is 3. The van der Waals surface area contributed by atoms with Crippen molar-refractivity contribution in [2.45, 2.75) is 6.54 Å². The monoisotopic (exact) mass is 328 g/mol. The number of carbonyl (C=O) groups excluding carboxylic acids is 1. The van der Waals surface area contributed by atoms with Crippen LogP contribution in [0, 0.1) is 5.82 Å². The van der Waals surface area contributed by atoms with Gasteiger partial charge in [0.25, 0.3) is 5.91 Å². The highest BCUT2D eigenvalue weighted by atomic mass is 35.5. The zero-order chi connectivity index (χ0) is 15.6. The zero-order valence-electron chi connectivity index (χ0n) is 10.7. The van der Waals surface area contributed by atoms with Crippen LogP contribution in [-0.2, 0) is 6.54 Å². The number of amides is 1. The molecule has 0 bridgehead atoms. The molecule has 0 aliphatic carbocycles. The Labute approximate surface area is 130 Å². The lowest BCUT2D eigenvalue weighted by Gasteiger charge is -2.11. The quantitative estimate of drug-likeness (QED) is 0.803. The van der Waals surface area contributed by atoms with Gasteiger partial charge in [0.15, 0.2) is 0 Å². The number of halogens is 3. The van der Waals surface area contributed by atoms with Crippen molar-refractivity contribution < 1.29 is 14.3 Å². The fraction of sp³-hybridized carbons (Fsp3) is 0.0714. The van der Waals surface area contributed by atoms with E-state index in [2.05, 4.69) is 5.32 Å². The van der Waals surface area contributed by atoms with Crippen LogP contribution in [0.15, 0.2) is 30.3 Å². The number of rotatable bonds is 4. The van der Waals surface area contributed by atoms with E-state index in [-0.39, 0.29) is 22.9 Å². The standard InChI is InChI=1S/C14H11Cl2FN2O2/c15-8-3-7(13(20)11(16)4-8)6-19-9-1-2-12(17)10(5-9)14(18)21/h1-5,19-20H,6H2,(H2,18,21). The fourth-order valence-electron chi connectivity index (χ4n) is 1.78. The first-order valence-corrected chi connectivity index (χ1v) is 6.64. The topological polar surface area (TPSA) is 75.4 Å². The third kappa shape index (κ3) is 3.56. The lowest BCUT2D eigenvalue weighted by atomic mass is 10.1. The molecule has 0 aliphatic rings. The predicted octanol–water partition coefficient (Wildman–Crippen LogP) is 3.55. The first-order chi connectivity index (χ1) is 9.88. The number of hydrogen-bond acceptors (Lipinski definition) is 3. The Balaban J connectivity index is 2.21. The second-order valence-corrected chi connectivity index (χ2v) is 5.15. The van der Waals surface area contributed by atoms with Gasteiger partial charge in [0.05, 0.1) is 10.6 Å². The molecule has 0 unspecified atom stereocenters. The largest absolute Gasteiger partial charge is 0.506 e. The molecule has 0 aromatic heterocycles. The van der Waals surface area contributed by atoms with Gasteiger partial charge in [0.2, 0.25) is 0 Å². The minimum atomic E-state index is -0.857. The van der Waals surface area contributed by atoms with E-state index < -0.39 is 11.7 Å². The first kappa shape index (κ1) is 15.4. The summed E-state index contributed by atoms with van der Waals surface area (Å²) >= 11 is 11.7. The number of primary amides is 1. The molecule has 2 aromatic carbocycles. The molecule has 2 aromatic rings. The van der Waals surface area contributed by atoms with Crippen molar-refractivity contribution in [3.05, 3.63) is 57.3 Å². The second-order valence-electron chi connectivity index (χ2n) is 4.31. The zero-order valence-corrected chi connectivity index (χ0v) is 12.2. The molecular formula is C14H11Cl2FN2O2. The van der Waals surface area contributed by atoms with E-state index in [1.807, 2.05) is 0 Å². The van der Waals surface area contributed by atoms with E-state index in [4.69, 9.17) is 28.9 Å². The third-order valence-corrected chi connectivity index (χ3v) is 3.33. The molecule has 7 heteroatoms. The summed E-state index contributed by atoms with van der Waals surface area (Å²) in [6.07, 6.45) is 0. The van der Waals surface area contributed by atoms with Crippen molar-refractivity contribution in [1.82, 2.24) is 0 Å². The molecule has 0 aliphatic heterocycles. The van der Waals surface area contributed by atoms with E-state index in [1.165, 1.54) is 18.2 Å². The number of anilines is 1. The maximum Gasteiger partial charge on any atom is 0.251 e. The lowest BCUT2D eigenvalue weighted by molar-refractivity contribution is 0.0996. The third-order valence-electron chi connectivity index (χ3n) is 2.82. The lowest BCUT2D eigenvalue weighted by Crippen LogP contribution is -2.13. The van der Waals surface area contributed by atoms with Gasteiger partial charge >= 0.3 is 0 Å². The number of benzene rings is 2. The molecule has 0 spiro atoms. The summed E-state index contributed by atoms with van der Waals surface area (Å²) in [5.74, 6) is -1.64. The molecule has 2 rings (SSSR count). The van der Waals surface area contributed by atoms with Gasteiger partial charge in [0.1, 0.15) is 11.6 Å². The maximum atomic E-state index is 13.4. The van der Waals surface area contributed by atoms with E-state index in [0.29, 0.717) is 16.3 Å². The molecule has 0 heterocycles. The summed E-state index contributed by atoms with van der Waals surface area (Å²) < 4.78 is 13.4. The van der Waals surface area contributed by atoms with Crippen LogP contribution in [0.4, 0.5) is 10.1 Å². The number of phenolic OH excluding ortho intramolecular Hbond substituents is 1. The summed E-state index contributed by atoms with van der Waals surface area (Å²) in [5, 5.41) is 13.3. The first-order valence-electron chi connectivity index (χ1n) is 5.88. The Bertz CT molecular complexity index is 708. The Kier molecular flexibility index (Phi) is 4.55. The van der Waals surface area contributed by atoms with Crippen molar-refractivity contribution in [2.24, 2.45) is 5.73 Å². The Morgan fingerprint density at radius 2 is 2.00 bits per heavy atom. The van der Waals surface area contributed by atoms with Crippen LogP contribution in [0.3, 0.4) is 0 Å². The Morgan fingerprint density at radius 3 is 2.67 bits per heavy atom. The van der Waals surface area contributed by atoms with Crippen molar-refractivity contribution in [3.63, 3.8) is 0 Å². The van der Waals surface area contributed by atoms with Gasteiger partial charge in [0, 0.05) is 22.8 Å². The van der Waals surface area contributed by atoms with E-state index in [1.54, 1.807) is 6.07 Å². The molecule has 0 saturated carbocycles. The molecule has 4 nitrogen and oxygen atoms in total. The minimum Gasteiger partial charge on any atom is -0.506 e. The van der Waals surface area contributed by atoms with E-state index in [0.717, 1.165) is 6.07 Å². The number of carbonyl (C=O) groups is 1. The van der Waals surface area contributed by atoms with Gasteiger partial charge in [-0.15, -0.1) is 0 Å². The molecule has 1 amide bonds. The highest BCUT2D eigenvalue weighted by Gasteiger charge is 2.11. The molecule has 0 fully saturated rings. The van der Waals surface area contributed by atoms with Gasteiger partial charge in [-0.2, -0.15) is 0 Å². The molecule has 21 heavy (non-hydrogen) atoms. The van der Waals surface area contributed by atoms with Gasteiger partial charge < -0.3 is 16.2 Å². The molecule has 4 N–H and O–H groups in total. The maximum absolute atomic E-state index is 13.4. The van der Waals surface area contributed by atoms with Gasteiger partial charge in [-0.25, -0.2) is 4.39 Å². The fourth-order valence-corrected chi connectivity index (χ4v) is 2.31. The molecule has 110 valence electrons. The predicted molar refractivity (Wildman–Crippen MR) is 80.4 cm³/mol. The van der Waals surface area contributed by atoms with Crippen molar-refractivity contribution in [3.8, 4) is 5.75 Å². The minimum absolute atomic E-state index is 0.0918. The molecule has 0 radical (unpaired) electrons. The van der Waals surface area contributed by atoms with E-state index in [9.17, 15) is 14.3 Å². The molecule has 0 atom stereocenters. The van der Waals surface area contributed by atoms with Crippen LogP contribution in [0.25, 0.3) is 0 Å². The van der Waals surface area contributed by atoms with Crippen LogP contribution in [0.2, 0.25) is 10.0 Å². The normalized spacial score (nSPS) is 10.4. The van der Waals surface area contributed by atoms with Gasteiger partial charge in [-0.3, -0.25) is 4.79 Å². The Morgan fingerprint density at radius 1 is 1.29 bits per heavy atom. The van der Waals surface area contributed by atoms with Crippen LogP contribution < -0.4 is 11.1 Å². The Hall–Kier alpha value is -1.98. The molecule has 0 saturated heterocycles. The number of nitrogens with one attached hydrogen (secondary N) is 1. The average Bonchev–Trinajstić information content (AvgIpc) is 2.42. The SMILES string of the molecule is NC(=O)c1cc(NCc2cc(Cl)cc(Cl)c2O)ccc1F. The molecular weight excluding hydrogens is 318 g/mol. The highest BCUT2D eigenvalue weighted by molar-refractivity contribution is 6.35. The van der Waals surface area contributed by atoms with Gasteiger partial charge in [-0.05, 0) is 30.3 Å². The number of aromatic hydroxyl groups is 1. The van der Waals surface area contributed by atoms with Crippen molar-refractivity contribution >= 4 is 34.8 Å². The summed E-state index contributed by atoms with van der Waals surface area (Å²) in [5.41, 5.74) is 5.80. The van der Waals surface area contributed by atoms with Crippen LogP contribution in [-0.4, -0.2) is 11.0 Å². The number of phenols is 1. The van der Waals surface area contributed by atoms with Gasteiger partial charge in [-0.1, -0.05) is 23.2 Å².